The van der Waals surface area contributed by atoms with Gasteiger partial charge in [-0.05, 0) is 60.8 Å². The van der Waals surface area contributed by atoms with Crippen LogP contribution < -0.4 is 5.32 Å². The van der Waals surface area contributed by atoms with Crippen molar-refractivity contribution in [2.24, 2.45) is 0 Å². The molecule has 2 aromatic carbocycles. The van der Waals surface area contributed by atoms with Crippen LogP contribution >= 0.6 is 27.5 Å². The van der Waals surface area contributed by atoms with E-state index in [1.807, 2.05) is 30.3 Å². The van der Waals surface area contributed by atoms with Crippen LogP contribution in [0, 0.1) is 5.82 Å². The first-order valence-corrected chi connectivity index (χ1v) is 8.20. The molecule has 0 bridgehead atoms. The molecular formula is C17H18BrClFN. The van der Waals surface area contributed by atoms with E-state index < -0.39 is 0 Å². The van der Waals surface area contributed by atoms with Gasteiger partial charge < -0.3 is 5.32 Å². The van der Waals surface area contributed by atoms with Crippen molar-refractivity contribution in [1.82, 2.24) is 5.32 Å². The van der Waals surface area contributed by atoms with Crippen molar-refractivity contribution in [2.45, 2.75) is 25.8 Å². The highest BCUT2D eigenvalue weighted by molar-refractivity contribution is 9.10. The Hall–Kier alpha value is -0.900. The number of benzene rings is 2. The molecule has 0 saturated heterocycles. The standard InChI is InChI=1S/C17H18BrClFN/c1-2-8-21-17(12-4-3-5-15(19)10-12)11-13-9-14(18)6-7-16(13)20/h3-7,9-10,17,21H,2,8,11H2,1H3. The van der Waals surface area contributed by atoms with E-state index in [4.69, 9.17) is 11.6 Å². The fraction of sp³-hybridized carbons (Fsp3) is 0.294. The zero-order valence-corrected chi connectivity index (χ0v) is 14.2. The van der Waals surface area contributed by atoms with Gasteiger partial charge in [0.05, 0.1) is 0 Å². The van der Waals surface area contributed by atoms with Crippen LogP contribution in [-0.2, 0) is 6.42 Å². The fourth-order valence-corrected chi connectivity index (χ4v) is 2.88. The van der Waals surface area contributed by atoms with Gasteiger partial charge in [0.15, 0.2) is 0 Å². The predicted molar refractivity (Wildman–Crippen MR) is 90.3 cm³/mol. The van der Waals surface area contributed by atoms with E-state index in [0.29, 0.717) is 17.0 Å². The second kappa shape index (κ2) is 7.92. The molecule has 21 heavy (non-hydrogen) atoms. The summed E-state index contributed by atoms with van der Waals surface area (Å²) in [6.45, 7) is 2.99. The Morgan fingerprint density at radius 1 is 1.24 bits per heavy atom. The van der Waals surface area contributed by atoms with Gasteiger partial charge in [-0.15, -0.1) is 0 Å². The van der Waals surface area contributed by atoms with Crippen molar-refractivity contribution in [3.05, 3.63) is 68.9 Å². The molecule has 1 unspecified atom stereocenters. The third-order valence-electron chi connectivity index (χ3n) is 3.32. The summed E-state index contributed by atoms with van der Waals surface area (Å²) in [6.07, 6.45) is 1.61. The van der Waals surface area contributed by atoms with Crippen LogP contribution in [-0.4, -0.2) is 6.54 Å². The van der Waals surface area contributed by atoms with Gasteiger partial charge in [0.25, 0.3) is 0 Å². The van der Waals surface area contributed by atoms with Gasteiger partial charge in [0.1, 0.15) is 5.82 Å². The summed E-state index contributed by atoms with van der Waals surface area (Å²) in [5.41, 5.74) is 1.77. The monoisotopic (exact) mass is 369 g/mol. The number of hydrogen-bond acceptors (Lipinski definition) is 1. The Kier molecular flexibility index (Phi) is 6.22. The lowest BCUT2D eigenvalue weighted by atomic mass is 9.98. The van der Waals surface area contributed by atoms with E-state index in [1.54, 1.807) is 6.07 Å². The Morgan fingerprint density at radius 3 is 2.76 bits per heavy atom. The molecule has 2 aromatic rings. The number of nitrogens with one attached hydrogen (secondary N) is 1. The van der Waals surface area contributed by atoms with Gasteiger partial charge in [0.2, 0.25) is 0 Å². The molecule has 0 aromatic heterocycles. The minimum Gasteiger partial charge on any atom is -0.310 e. The van der Waals surface area contributed by atoms with E-state index in [0.717, 1.165) is 23.0 Å². The first kappa shape index (κ1) is 16.5. The van der Waals surface area contributed by atoms with Crippen LogP contribution in [0.4, 0.5) is 4.39 Å². The molecule has 0 saturated carbocycles. The van der Waals surface area contributed by atoms with Gasteiger partial charge in [-0.2, -0.15) is 0 Å². The van der Waals surface area contributed by atoms with Crippen LogP contribution in [0.1, 0.15) is 30.5 Å². The maximum Gasteiger partial charge on any atom is 0.126 e. The molecule has 0 fully saturated rings. The summed E-state index contributed by atoms with van der Waals surface area (Å²) in [6, 6.07) is 12.8. The minimum absolute atomic E-state index is 0.0486. The van der Waals surface area contributed by atoms with Gasteiger partial charge >= 0.3 is 0 Å². The Labute approximate surface area is 138 Å². The molecule has 0 radical (unpaired) electrons. The smallest absolute Gasteiger partial charge is 0.126 e. The molecule has 1 atom stereocenters. The summed E-state index contributed by atoms with van der Waals surface area (Å²) in [7, 11) is 0. The fourth-order valence-electron chi connectivity index (χ4n) is 2.27. The molecule has 1 nitrogen and oxygen atoms in total. The molecule has 1 N–H and O–H groups in total. The number of halogens is 3. The lowest BCUT2D eigenvalue weighted by Crippen LogP contribution is -2.24. The second-order valence-electron chi connectivity index (χ2n) is 5.00. The average molecular weight is 371 g/mol. The molecule has 112 valence electrons. The largest absolute Gasteiger partial charge is 0.310 e. The van der Waals surface area contributed by atoms with Gasteiger partial charge in [0, 0.05) is 15.5 Å². The lowest BCUT2D eigenvalue weighted by Gasteiger charge is -2.20. The van der Waals surface area contributed by atoms with Crippen molar-refractivity contribution in [3.8, 4) is 0 Å². The highest BCUT2D eigenvalue weighted by Gasteiger charge is 2.14. The zero-order chi connectivity index (χ0) is 15.2. The van der Waals surface area contributed by atoms with Crippen molar-refractivity contribution >= 4 is 27.5 Å². The van der Waals surface area contributed by atoms with Crippen molar-refractivity contribution in [1.29, 1.82) is 0 Å². The third-order valence-corrected chi connectivity index (χ3v) is 4.05. The summed E-state index contributed by atoms with van der Waals surface area (Å²) >= 11 is 9.47. The molecular weight excluding hydrogens is 353 g/mol. The quantitative estimate of drug-likeness (QED) is 0.705. The van der Waals surface area contributed by atoms with E-state index in [2.05, 4.69) is 28.2 Å². The minimum atomic E-state index is -0.177. The summed E-state index contributed by atoms with van der Waals surface area (Å²) in [4.78, 5) is 0. The average Bonchev–Trinajstić information content (AvgIpc) is 2.47. The van der Waals surface area contributed by atoms with Crippen molar-refractivity contribution in [2.75, 3.05) is 6.54 Å². The molecule has 0 aliphatic carbocycles. The Bertz CT molecular complexity index is 603. The van der Waals surface area contributed by atoms with Gasteiger partial charge in [-0.25, -0.2) is 4.39 Å². The summed E-state index contributed by atoms with van der Waals surface area (Å²) < 4.78 is 14.9. The number of rotatable bonds is 6. The topological polar surface area (TPSA) is 12.0 Å². The lowest BCUT2D eigenvalue weighted by molar-refractivity contribution is 0.513. The molecule has 0 heterocycles. The van der Waals surface area contributed by atoms with Crippen LogP contribution in [0.5, 0.6) is 0 Å². The Balaban J connectivity index is 2.25. The van der Waals surface area contributed by atoms with E-state index >= 15 is 0 Å². The molecule has 0 spiro atoms. The highest BCUT2D eigenvalue weighted by atomic mass is 79.9. The first-order valence-electron chi connectivity index (χ1n) is 7.03. The van der Waals surface area contributed by atoms with Crippen LogP contribution in [0.3, 0.4) is 0 Å². The van der Waals surface area contributed by atoms with E-state index in [-0.39, 0.29) is 11.9 Å². The summed E-state index contributed by atoms with van der Waals surface area (Å²) in [5.74, 6) is -0.177. The van der Waals surface area contributed by atoms with Gasteiger partial charge in [-0.1, -0.05) is 46.6 Å². The van der Waals surface area contributed by atoms with Crippen LogP contribution in [0.15, 0.2) is 46.9 Å². The Morgan fingerprint density at radius 2 is 2.05 bits per heavy atom. The van der Waals surface area contributed by atoms with Crippen LogP contribution in [0.2, 0.25) is 5.02 Å². The maximum absolute atomic E-state index is 14.0. The highest BCUT2D eigenvalue weighted by Crippen LogP contribution is 2.24. The molecule has 4 heteroatoms. The summed E-state index contributed by atoms with van der Waals surface area (Å²) in [5, 5.41) is 4.17. The van der Waals surface area contributed by atoms with Crippen LogP contribution in [0.25, 0.3) is 0 Å². The van der Waals surface area contributed by atoms with Gasteiger partial charge in [-0.3, -0.25) is 0 Å². The molecule has 0 amide bonds. The maximum atomic E-state index is 14.0. The zero-order valence-electron chi connectivity index (χ0n) is 11.9. The van der Waals surface area contributed by atoms with Crippen molar-refractivity contribution < 1.29 is 4.39 Å². The first-order chi connectivity index (χ1) is 10.1. The molecule has 0 aliphatic heterocycles. The van der Waals surface area contributed by atoms with E-state index in [9.17, 15) is 4.39 Å². The third kappa shape index (κ3) is 4.80. The predicted octanol–water partition coefficient (Wildman–Crippen LogP) is 5.53. The number of hydrogen-bond donors (Lipinski definition) is 1. The van der Waals surface area contributed by atoms with E-state index in [1.165, 1.54) is 6.07 Å². The SMILES string of the molecule is CCCNC(Cc1cc(Br)ccc1F)c1cccc(Cl)c1. The molecule has 0 aliphatic rings. The normalized spacial score (nSPS) is 12.4. The second-order valence-corrected chi connectivity index (χ2v) is 6.35. The molecule has 2 rings (SSSR count). The van der Waals surface area contributed by atoms with Crippen molar-refractivity contribution in [3.63, 3.8) is 0 Å².